The fourth-order valence-electron chi connectivity index (χ4n) is 2.24. The molecule has 4 N–H and O–H groups in total. The monoisotopic (exact) mass is 378 g/mol. The molecule has 1 aromatic carbocycles. The molecule has 0 fully saturated rings. The molecule has 0 aliphatic heterocycles. The molecule has 1 heterocycles. The highest BCUT2D eigenvalue weighted by molar-refractivity contribution is 5.87. The zero-order chi connectivity index (χ0) is 20.0. The molecule has 0 spiro atoms. The molecule has 1 atom stereocenters. The van der Waals surface area contributed by atoms with Crippen LogP contribution in [0.4, 0.5) is 4.39 Å². The summed E-state index contributed by atoms with van der Waals surface area (Å²) in [5.41, 5.74) is -0.423. The van der Waals surface area contributed by atoms with Crippen LogP contribution in [-0.2, 0) is 22.7 Å². The number of hydrogen-bond donors (Lipinski definition) is 4. The standard InChI is InChI=1S/C17H19FN4O5/c1-10-7-22(17(27)21-15(10)25)8-14(24)20-13(9-23)16(26)19-6-11-2-4-12(18)5-3-11/h2-5,7,13,23H,6,8-9H2,1H3,(H,19,26)(H,20,24)(H,21,25,27). The van der Waals surface area contributed by atoms with Crippen LogP contribution >= 0.6 is 0 Å². The second-order valence-electron chi connectivity index (χ2n) is 5.85. The maximum atomic E-state index is 12.9. The Balaban J connectivity index is 1.94. The molecule has 0 saturated carbocycles. The molecule has 0 radical (unpaired) electrons. The summed E-state index contributed by atoms with van der Waals surface area (Å²) in [7, 11) is 0. The van der Waals surface area contributed by atoms with Gasteiger partial charge in [0.25, 0.3) is 5.56 Å². The predicted octanol–water partition coefficient (Wildman–Crippen LogP) is -1.22. The minimum absolute atomic E-state index is 0.0874. The van der Waals surface area contributed by atoms with Gasteiger partial charge in [-0.3, -0.25) is 23.9 Å². The van der Waals surface area contributed by atoms with E-state index in [9.17, 15) is 28.7 Å². The molecule has 1 unspecified atom stereocenters. The lowest BCUT2D eigenvalue weighted by Crippen LogP contribution is -2.50. The Kier molecular flexibility index (Phi) is 6.61. The van der Waals surface area contributed by atoms with E-state index in [1.807, 2.05) is 0 Å². The first-order valence-electron chi connectivity index (χ1n) is 8.03. The van der Waals surface area contributed by atoms with Gasteiger partial charge in [-0.05, 0) is 24.6 Å². The normalized spacial score (nSPS) is 11.7. The summed E-state index contributed by atoms with van der Waals surface area (Å²) < 4.78 is 13.8. The summed E-state index contributed by atoms with van der Waals surface area (Å²) in [4.78, 5) is 49.2. The molecular weight excluding hydrogens is 359 g/mol. The van der Waals surface area contributed by atoms with E-state index < -0.39 is 48.1 Å². The van der Waals surface area contributed by atoms with Crippen molar-refractivity contribution in [3.05, 3.63) is 68.2 Å². The van der Waals surface area contributed by atoms with Gasteiger partial charge < -0.3 is 15.7 Å². The van der Waals surface area contributed by atoms with Crippen molar-refractivity contribution in [3.63, 3.8) is 0 Å². The van der Waals surface area contributed by atoms with E-state index in [2.05, 4.69) is 15.6 Å². The number of halogens is 1. The topological polar surface area (TPSA) is 133 Å². The lowest BCUT2D eigenvalue weighted by molar-refractivity contribution is -0.130. The van der Waals surface area contributed by atoms with Crippen molar-refractivity contribution >= 4 is 11.8 Å². The number of H-pyrrole nitrogens is 1. The van der Waals surface area contributed by atoms with Crippen molar-refractivity contribution in [2.24, 2.45) is 0 Å². The van der Waals surface area contributed by atoms with Gasteiger partial charge in [-0.25, -0.2) is 9.18 Å². The van der Waals surface area contributed by atoms with Crippen molar-refractivity contribution in [3.8, 4) is 0 Å². The Bertz CT molecular complexity index is 936. The third-order valence-corrected chi connectivity index (χ3v) is 3.72. The maximum absolute atomic E-state index is 12.9. The van der Waals surface area contributed by atoms with E-state index in [-0.39, 0.29) is 12.1 Å². The van der Waals surface area contributed by atoms with Crippen LogP contribution in [0.2, 0.25) is 0 Å². The summed E-state index contributed by atoms with van der Waals surface area (Å²) in [6.45, 7) is 0.481. The highest BCUT2D eigenvalue weighted by atomic mass is 19.1. The minimum Gasteiger partial charge on any atom is -0.394 e. The van der Waals surface area contributed by atoms with Gasteiger partial charge in [-0.2, -0.15) is 0 Å². The van der Waals surface area contributed by atoms with E-state index >= 15 is 0 Å². The van der Waals surface area contributed by atoms with Crippen molar-refractivity contribution < 1.29 is 19.1 Å². The van der Waals surface area contributed by atoms with Gasteiger partial charge in [0.2, 0.25) is 11.8 Å². The van der Waals surface area contributed by atoms with Crippen LogP contribution in [0.25, 0.3) is 0 Å². The summed E-state index contributed by atoms with van der Waals surface area (Å²) in [5, 5.41) is 14.2. The quantitative estimate of drug-likeness (QED) is 0.479. The first kappa shape index (κ1) is 20.0. The van der Waals surface area contributed by atoms with Crippen LogP contribution in [0.1, 0.15) is 11.1 Å². The number of hydrogen-bond acceptors (Lipinski definition) is 5. The summed E-state index contributed by atoms with van der Waals surface area (Å²) in [5.74, 6) is -1.74. The molecule has 0 saturated heterocycles. The van der Waals surface area contributed by atoms with Crippen molar-refractivity contribution in [1.29, 1.82) is 0 Å². The fraction of sp³-hybridized carbons (Fsp3) is 0.294. The van der Waals surface area contributed by atoms with Crippen LogP contribution in [-0.4, -0.2) is 39.1 Å². The van der Waals surface area contributed by atoms with Gasteiger partial charge in [0.05, 0.1) is 6.61 Å². The SMILES string of the molecule is Cc1cn(CC(=O)NC(CO)C(=O)NCc2ccc(F)cc2)c(=O)[nH]c1=O. The fourth-order valence-corrected chi connectivity index (χ4v) is 2.24. The number of nitrogens with one attached hydrogen (secondary N) is 3. The minimum atomic E-state index is -1.22. The van der Waals surface area contributed by atoms with E-state index in [0.717, 1.165) is 4.57 Å². The zero-order valence-electron chi connectivity index (χ0n) is 14.5. The molecule has 10 heteroatoms. The third kappa shape index (κ3) is 5.61. The second-order valence-corrected chi connectivity index (χ2v) is 5.85. The average molecular weight is 378 g/mol. The Morgan fingerprint density at radius 3 is 2.56 bits per heavy atom. The van der Waals surface area contributed by atoms with Crippen molar-refractivity contribution in [2.45, 2.75) is 26.1 Å². The molecule has 2 aromatic rings. The number of aliphatic hydroxyl groups excluding tert-OH is 1. The Morgan fingerprint density at radius 2 is 1.93 bits per heavy atom. The molecule has 0 aliphatic rings. The maximum Gasteiger partial charge on any atom is 0.328 e. The number of aryl methyl sites for hydroxylation is 1. The van der Waals surface area contributed by atoms with E-state index in [1.165, 1.54) is 37.4 Å². The number of carbonyl (C=O) groups excluding carboxylic acids is 2. The molecule has 9 nitrogen and oxygen atoms in total. The van der Waals surface area contributed by atoms with E-state index in [0.29, 0.717) is 5.56 Å². The Hall–Kier alpha value is -3.27. The van der Waals surface area contributed by atoms with Gasteiger partial charge in [-0.15, -0.1) is 0 Å². The van der Waals surface area contributed by atoms with Gasteiger partial charge in [-0.1, -0.05) is 12.1 Å². The molecule has 144 valence electrons. The highest BCUT2D eigenvalue weighted by Gasteiger charge is 2.20. The average Bonchev–Trinajstić information content (AvgIpc) is 2.63. The largest absolute Gasteiger partial charge is 0.394 e. The number of aromatic nitrogens is 2. The number of nitrogens with zero attached hydrogens (tertiary/aromatic N) is 1. The summed E-state index contributed by atoms with van der Waals surface area (Å²) in [6, 6.07) is 4.26. The van der Waals surface area contributed by atoms with E-state index in [1.54, 1.807) is 0 Å². The third-order valence-electron chi connectivity index (χ3n) is 3.72. The summed E-state index contributed by atoms with van der Waals surface area (Å²) >= 11 is 0. The lowest BCUT2D eigenvalue weighted by Gasteiger charge is -2.16. The second kappa shape index (κ2) is 8.90. The van der Waals surface area contributed by atoms with Gasteiger partial charge in [0.1, 0.15) is 18.4 Å². The lowest BCUT2D eigenvalue weighted by atomic mass is 10.2. The molecule has 2 rings (SSSR count). The van der Waals surface area contributed by atoms with Crippen molar-refractivity contribution in [2.75, 3.05) is 6.61 Å². The molecule has 0 aliphatic carbocycles. The number of benzene rings is 1. The van der Waals surface area contributed by atoms with Crippen LogP contribution in [0.15, 0.2) is 40.1 Å². The number of carbonyl (C=O) groups is 2. The molecule has 0 bridgehead atoms. The van der Waals surface area contributed by atoms with Gasteiger partial charge >= 0.3 is 5.69 Å². The Morgan fingerprint density at radius 1 is 1.26 bits per heavy atom. The number of amides is 2. The number of aliphatic hydroxyl groups is 1. The molecule has 1 aromatic heterocycles. The van der Waals surface area contributed by atoms with Crippen LogP contribution < -0.4 is 21.9 Å². The first-order chi connectivity index (χ1) is 12.8. The van der Waals surface area contributed by atoms with Gasteiger partial charge in [0, 0.05) is 18.3 Å². The number of rotatable bonds is 7. The number of aromatic amines is 1. The smallest absolute Gasteiger partial charge is 0.328 e. The van der Waals surface area contributed by atoms with Crippen molar-refractivity contribution in [1.82, 2.24) is 20.2 Å². The molecule has 2 amide bonds. The predicted molar refractivity (Wildman–Crippen MR) is 93.3 cm³/mol. The molecular formula is C17H19FN4O5. The van der Waals surface area contributed by atoms with Crippen LogP contribution in [0.3, 0.4) is 0 Å². The molecule has 27 heavy (non-hydrogen) atoms. The Labute approximate surface area is 152 Å². The zero-order valence-corrected chi connectivity index (χ0v) is 14.5. The van der Waals surface area contributed by atoms with Gasteiger partial charge in [0.15, 0.2) is 0 Å². The van der Waals surface area contributed by atoms with Crippen LogP contribution in [0, 0.1) is 12.7 Å². The van der Waals surface area contributed by atoms with Crippen LogP contribution in [0.5, 0.6) is 0 Å². The summed E-state index contributed by atoms with van der Waals surface area (Å²) in [6.07, 6.45) is 1.23. The van der Waals surface area contributed by atoms with E-state index in [4.69, 9.17) is 0 Å². The first-order valence-corrected chi connectivity index (χ1v) is 8.03. The highest BCUT2D eigenvalue weighted by Crippen LogP contribution is 2.02.